The van der Waals surface area contributed by atoms with E-state index in [9.17, 15) is 4.79 Å². The van der Waals surface area contributed by atoms with Gasteiger partial charge < -0.3 is 9.47 Å². The van der Waals surface area contributed by atoms with Crippen molar-refractivity contribution in [3.8, 4) is 6.01 Å². The Morgan fingerprint density at radius 1 is 1.62 bits per heavy atom. The van der Waals surface area contributed by atoms with Crippen molar-refractivity contribution in [3.05, 3.63) is 16.9 Å². The van der Waals surface area contributed by atoms with E-state index in [2.05, 4.69) is 9.97 Å². The molecule has 0 amide bonds. The maximum atomic E-state index is 11.4. The summed E-state index contributed by atoms with van der Waals surface area (Å²) in [6.07, 6.45) is 3.55. The molecular formula is C10H11ClN2O3. The Balaban J connectivity index is 2.11. The summed E-state index contributed by atoms with van der Waals surface area (Å²) in [6, 6.07) is 0.209. The molecule has 1 aliphatic carbocycles. The van der Waals surface area contributed by atoms with Crippen molar-refractivity contribution >= 4 is 17.6 Å². The number of carbonyl (C=O) groups is 1. The standard InChI is InChI=1S/C10H11ClN2O3/c1-2-15-9(14)7-5-12-10(13-8(7)11)16-6-3-4-6/h5-6H,2-4H2,1H3. The summed E-state index contributed by atoms with van der Waals surface area (Å²) in [5.74, 6) is -0.523. The van der Waals surface area contributed by atoms with Gasteiger partial charge in [0.15, 0.2) is 5.15 Å². The van der Waals surface area contributed by atoms with Gasteiger partial charge in [-0.2, -0.15) is 4.98 Å². The van der Waals surface area contributed by atoms with Gasteiger partial charge in [0.1, 0.15) is 11.7 Å². The third-order valence-electron chi connectivity index (χ3n) is 2.01. The molecule has 0 N–H and O–H groups in total. The number of hydrogen-bond acceptors (Lipinski definition) is 5. The smallest absolute Gasteiger partial charge is 0.342 e. The second kappa shape index (κ2) is 4.65. The molecule has 86 valence electrons. The summed E-state index contributed by atoms with van der Waals surface area (Å²) in [5, 5.41) is 0.0594. The zero-order valence-corrected chi connectivity index (χ0v) is 9.53. The minimum Gasteiger partial charge on any atom is -0.462 e. The molecule has 1 saturated carbocycles. The number of ether oxygens (including phenoxy) is 2. The Labute approximate surface area is 97.7 Å². The topological polar surface area (TPSA) is 61.3 Å². The number of esters is 1. The molecule has 1 heterocycles. The highest BCUT2D eigenvalue weighted by molar-refractivity contribution is 6.32. The maximum Gasteiger partial charge on any atom is 0.342 e. The Kier molecular flexibility index (Phi) is 3.24. The monoisotopic (exact) mass is 242 g/mol. The fourth-order valence-electron chi connectivity index (χ4n) is 1.08. The Hall–Kier alpha value is -1.36. The predicted molar refractivity (Wildman–Crippen MR) is 56.6 cm³/mol. The lowest BCUT2D eigenvalue weighted by Gasteiger charge is -2.05. The minimum absolute atomic E-state index is 0.0594. The van der Waals surface area contributed by atoms with Crippen molar-refractivity contribution in [2.24, 2.45) is 0 Å². The molecule has 0 atom stereocenters. The first-order chi connectivity index (χ1) is 7.70. The molecule has 1 fully saturated rings. The second-order valence-corrected chi connectivity index (χ2v) is 3.75. The molecule has 0 saturated heterocycles. The molecule has 0 spiro atoms. The lowest BCUT2D eigenvalue weighted by atomic mass is 10.3. The lowest BCUT2D eigenvalue weighted by molar-refractivity contribution is 0.0525. The van der Waals surface area contributed by atoms with Crippen molar-refractivity contribution in [2.75, 3.05) is 6.61 Å². The molecule has 1 aromatic heterocycles. The van der Waals surface area contributed by atoms with E-state index in [0.717, 1.165) is 12.8 Å². The molecule has 1 aromatic rings. The van der Waals surface area contributed by atoms with Crippen molar-refractivity contribution in [3.63, 3.8) is 0 Å². The van der Waals surface area contributed by atoms with Crippen LogP contribution in [0.4, 0.5) is 0 Å². The van der Waals surface area contributed by atoms with Gasteiger partial charge in [-0.3, -0.25) is 0 Å². The third-order valence-corrected chi connectivity index (χ3v) is 2.30. The van der Waals surface area contributed by atoms with Crippen LogP contribution in [0, 0.1) is 0 Å². The van der Waals surface area contributed by atoms with Crippen LogP contribution in [0.1, 0.15) is 30.1 Å². The van der Waals surface area contributed by atoms with Crippen LogP contribution < -0.4 is 4.74 Å². The SMILES string of the molecule is CCOC(=O)c1cnc(OC2CC2)nc1Cl. The van der Waals surface area contributed by atoms with E-state index < -0.39 is 5.97 Å². The van der Waals surface area contributed by atoms with Gasteiger partial charge >= 0.3 is 12.0 Å². The van der Waals surface area contributed by atoms with Gasteiger partial charge in [-0.15, -0.1) is 0 Å². The average molecular weight is 243 g/mol. The van der Waals surface area contributed by atoms with Gasteiger partial charge in [-0.25, -0.2) is 9.78 Å². The van der Waals surface area contributed by atoms with E-state index in [1.54, 1.807) is 6.92 Å². The first-order valence-corrected chi connectivity index (χ1v) is 5.44. The molecule has 0 bridgehead atoms. The van der Waals surface area contributed by atoms with Crippen LogP contribution in [0.5, 0.6) is 6.01 Å². The van der Waals surface area contributed by atoms with Crippen molar-refractivity contribution in [1.29, 1.82) is 0 Å². The van der Waals surface area contributed by atoms with Crippen LogP contribution in [0.25, 0.3) is 0 Å². The lowest BCUT2D eigenvalue weighted by Crippen LogP contribution is -2.08. The number of carbonyl (C=O) groups excluding carboxylic acids is 1. The molecule has 0 aromatic carbocycles. The quantitative estimate of drug-likeness (QED) is 0.596. The Bertz CT molecular complexity index is 407. The predicted octanol–water partition coefficient (Wildman–Crippen LogP) is 1.85. The molecule has 0 aliphatic heterocycles. The fourth-order valence-corrected chi connectivity index (χ4v) is 1.28. The minimum atomic E-state index is -0.523. The van der Waals surface area contributed by atoms with Crippen LogP contribution in [0.3, 0.4) is 0 Å². The van der Waals surface area contributed by atoms with E-state index in [-0.39, 0.29) is 29.4 Å². The summed E-state index contributed by atoms with van der Waals surface area (Å²) in [4.78, 5) is 19.2. The van der Waals surface area contributed by atoms with Crippen molar-refractivity contribution in [2.45, 2.75) is 25.9 Å². The van der Waals surface area contributed by atoms with Gasteiger partial charge in [0, 0.05) is 0 Å². The molecule has 16 heavy (non-hydrogen) atoms. The van der Waals surface area contributed by atoms with E-state index in [1.807, 2.05) is 0 Å². The van der Waals surface area contributed by atoms with Crippen LogP contribution >= 0.6 is 11.6 Å². The molecule has 2 rings (SSSR count). The Morgan fingerprint density at radius 2 is 2.38 bits per heavy atom. The molecule has 0 unspecified atom stereocenters. The maximum absolute atomic E-state index is 11.4. The normalized spacial score (nSPS) is 14.6. The van der Waals surface area contributed by atoms with E-state index in [1.165, 1.54) is 6.20 Å². The van der Waals surface area contributed by atoms with E-state index >= 15 is 0 Å². The number of rotatable bonds is 4. The second-order valence-electron chi connectivity index (χ2n) is 3.39. The number of hydrogen-bond donors (Lipinski definition) is 0. The number of aromatic nitrogens is 2. The van der Waals surface area contributed by atoms with E-state index in [0.29, 0.717) is 0 Å². The van der Waals surface area contributed by atoms with Gasteiger partial charge in [0.05, 0.1) is 12.8 Å². The first-order valence-electron chi connectivity index (χ1n) is 5.07. The van der Waals surface area contributed by atoms with Crippen LogP contribution in [0.15, 0.2) is 6.20 Å². The zero-order valence-electron chi connectivity index (χ0n) is 8.77. The largest absolute Gasteiger partial charge is 0.462 e. The van der Waals surface area contributed by atoms with Crippen LogP contribution in [0.2, 0.25) is 5.15 Å². The van der Waals surface area contributed by atoms with Crippen molar-refractivity contribution < 1.29 is 14.3 Å². The molecule has 1 aliphatic rings. The van der Waals surface area contributed by atoms with Gasteiger partial charge in [-0.05, 0) is 19.8 Å². The summed E-state index contributed by atoms with van der Waals surface area (Å²) in [7, 11) is 0. The number of halogens is 1. The number of nitrogens with zero attached hydrogens (tertiary/aromatic N) is 2. The summed E-state index contributed by atoms with van der Waals surface area (Å²) in [6.45, 7) is 2.01. The molecule has 0 radical (unpaired) electrons. The highest BCUT2D eigenvalue weighted by Crippen LogP contribution is 2.25. The van der Waals surface area contributed by atoms with Gasteiger partial charge in [-0.1, -0.05) is 11.6 Å². The molecule has 5 nitrogen and oxygen atoms in total. The van der Waals surface area contributed by atoms with Crippen LogP contribution in [-0.4, -0.2) is 28.6 Å². The fraction of sp³-hybridized carbons (Fsp3) is 0.500. The average Bonchev–Trinajstić information content (AvgIpc) is 3.02. The van der Waals surface area contributed by atoms with Crippen molar-refractivity contribution in [1.82, 2.24) is 9.97 Å². The first kappa shape index (κ1) is 11.1. The summed E-state index contributed by atoms with van der Waals surface area (Å²) in [5.41, 5.74) is 0.159. The highest BCUT2D eigenvalue weighted by Gasteiger charge is 2.25. The third kappa shape index (κ3) is 2.61. The Morgan fingerprint density at radius 3 is 2.94 bits per heavy atom. The van der Waals surface area contributed by atoms with E-state index in [4.69, 9.17) is 21.1 Å². The summed E-state index contributed by atoms with van der Waals surface area (Å²) >= 11 is 5.83. The van der Waals surface area contributed by atoms with Gasteiger partial charge in [0.25, 0.3) is 0 Å². The van der Waals surface area contributed by atoms with Gasteiger partial charge in [0.2, 0.25) is 0 Å². The molecule has 6 heteroatoms. The highest BCUT2D eigenvalue weighted by atomic mass is 35.5. The van der Waals surface area contributed by atoms with Crippen LogP contribution in [-0.2, 0) is 4.74 Å². The summed E-state index contributed by atoms with van der Waals surface area (Å²) < 4.78 is 10.1. The zero-order chi connectivity index (χ0) is 11.5. The molecular weight excluding hydrogens is 232 g/mol.